The third-order valence-corrected chi connectivity index (χ3v) is 2.66. The van der Waals surface area contributed by atoms with E-state index >= 15 is 0 Å². The van der Waals surface area contributed by atoms with E-state index in [1.807, 2.05) is 0 Å². The van der Waals surface area contributed by atoms with Gasteiger partial charge in [-0.3, -0.25) is 0 Å². The van der Waals surface area contributed by atoms with Gasteiger partial charge in [-0.2, -0.15) is 4.39 Å². The lowest BCUT2D eigenvalue weighted by Gasteiger charge is -2.04. The van der Waals surface area contributed by atoms with Crippen LogP contribution in [0, 0.1) is 5.95 Å². The number of carbonyl (C=O) groups is 2. The second-order valence-corrected chi connectivity index (χ2v) is 4.46. The van der Waals surface area contributed by atoms with Gasteiger partial charge in [-0.15, -0.1) is 0 Å². The molecular weight excluding hydrogens is 347 g/mol. The topological polar surface area (TPSA) is 151 Å². The number of carboxylic acids is 2. The molecule has 10 nitrogen and oxygen atoms in total. The summed E-state index contributed by atoms with van der Waals surface area (Å²) in [5, 5.41) is 19.7. The quantitative estimate of drug-likeness (QED) is 0.587. The van der Waals surface area contributed by atoms with Gasteiger partial charge in [-0.1, -0.05) is 6.07 Å². The number of rotatable bonds is 4. The molecule has 3 heterocycles. The van der Waals surface area contributed by atoms with Crippen molar-refractivity contribution in [2.75, 3.05) is 5.32 Å². The molecule has 0 radical (unpaired) electrons. The molecule has 0 bridgehead atoms. The van der Waals surface area contributed by atoms with E-state index < -0.39 is 17.9 Å². The van der Waals surface area contributed by atoms with Crippen molar-refractivity contribution in [3.63, 3.8) is 0 Å². The highest BCUT2D eigenvalue weighted by atomic mass is 19.1. The van der Waals surface area contributed by atoms with Crippen molar-refractivity contribution in [1.82, 2.24) is 24.9 Å². The van der Waals surface area contributed by atoms with Crippen molar-refractivity contribution in [3.05, 3.63) is 66.5 Å². The van der Waals surface area contributed by atoms with Crippen LogP contribution in [0.3, 0.4) is 0 Å². The molecule has 0 saturated heterocycles. The molecule has 0 aliphatic rings. The van der Waals surface area contributed by atoms with Gasteiger partial charge in [0.25, 0.3) is 0 Å². The molecule has 0 amide bonds. The Morgan fingerprint density at radius 1 is 0.923 bits per heavy atom. The number of hydrogen-bond donors (Lipinski definition) is 3. The molecule has 0 aromatic carbocycles. The maximum Gasteiger partial charge on any atom is 0.354 e. The first kappa shape index (κ1) is 18.3. The molecule has 0 saturated carbocycles. The lowest BCUT2D eigenvalue weighted by atomic mass is 10.4. The number of nitrogens with one attached hydrogen (secondary N) is 1. The van der Waals surface area contributed by atoms with Crippen LogP contribution in [0.2, 0.25) is 0 Å². The summed E-state index contributed by atoms with van der Waals surface area (Å²) < 4.78 is 12.8. The van der Waals surface area contributed by atoms with Crippen LogP contribution in [0.15, 0.2) is 49.2 Å². The predicted molar refractivity (Wildman–Crippen MR) is 85.5 cm³/mol. The fraction of sp³-hybridized carbons (Fsp3) is 0. The summed E-state index contributed by atoms with van der Waals surface area (Å²) in [6, 6.07) is 6.78. The third-order valence-electron chi connectivity index (χ3n) is 2.66. The Balaban J connectivity index is 0.000000228. The SMILES string of the molecule is O=C(O)c1cc(Nc2cccc(F)n2)ncn1.O=C(O)c1ccncn1. The summed E-state index contributed by atoms with van der Waals surface area (Å²) in [7, 11) is 0. The first-order chi connectivity index (χ1) is 12.5. The van der Waals surface area contributed by atoms with Crippen LogP contribution in [-0.4, -0.2) is 47.1 Å². The third kappa shape index (κ3) is 5.56. The van der Waals surface area contributed by atoms with E-state index in [1.54, 1.807) is 0 Å². The Bertz CT molecular complexity index is 909. The van der Waals surface area contributed by atoms with Crippen LogP contribution < -0.4 is 5.32 Å². The van der Waals surface area contributed by atoms with Gasteiger partial charge in [0.15, 0.2) is 11.4 Å². The number of pyridine rings is 1. The fourth-order valence-corrected chi connectivity index (χ4v) is 1.57. The summed E-state index contributed by atoms with van der Waals surface area (Å²) in [6.07, 6.45) is 3.69. The summed E-state index contributed by atoms with van der Waals surface area (Å²) >= 11 is 0. The molecule has 3 aromatic heterocycles. The molecule has 0 spiro atoms. The zero-order chi connectivity index (χ0) is 18.9. The molecule has 3 rings (SSSR count). The Hall–Kier alpha value is -4.02. The maximum atomic E-state index is 12.8. The normalized spacial score (nSPS) is 9.58. The lowest BCUT2D eigenvalue weighted by molar-refractivity contribution is 0.0679. The largest absolute Gasteiger partial charge is 0.477 e. The van der Waals surface area contributed by atoms with Crippen LogP contribution in [0.5, 0.6) is 0 Å². The zero-order valence-corrected chi connectivity index (χ0v) is 12.9. The first-order valence-electron chi connectivity index (χ1n) is 6.90. The van der Waals surface area contributed by atoms with Gasteiger partial charge in [0.05, 0.1) is 0 Å². The van der Waals surface area contributed by atoms with Gasteiger partial charge in [0.1, 0.15) is 24.3 Å². The number of halogens is 1. The van der Waals surface area contributed by atoms with Crippen molar-refractivity contribution in [3.8, 4) is 0 Å². The number of aromatic nitrogens is 5. The van der Waals surface area contributed by atoms with Gasteiger partial charge in [-0.05, 0) is 18.2 Å². The van der Waals surface area contributed by atoms with Crippen LogP contribution in [-0.2, 0) is 0 Å². The van der Waals surface area contributed by atoms with Gasteiger partial charge >= 0.3 is 11.9 Å². The van der Waals surface area contributed by atoms with Crippen molar-refractivity contribution < 1.29 is 24.2 Å². The molecule has 26 heavy (non-hydrogen) atoms. The van der Waals surface area contributed by atoms with E-state index in [4.69, 9.17) is 10.2 Å². The minimum Gasteiger partial charge on any atom is -0.477 e. The smallest absolute Gasteiger partial charge is 0.354 e. The Morgan fingerprint density at radius 3 is 2.23 bits per heavy atom. The molecule has 0 aliphatic heterocycles. The van der Waals surface area contributed by atoms with Crippen LogP contribution in [0.1, 0.15) is 21.0 Å². The van der Waals surface area contributed by atoms with Gasteiger partial charge < -0.3 is 15.5 Å². The van der Waals surface area contributed by atoms with Gasteiger partial charge in [0.2, 0.25) is 5.95 Å². The molecule has 0 fully saturated rings. The minimum atomic E-state index is -1.16. The average molecular weight is 358 g/mol. The second-order valence-electron chi connectivity index (χ2n) is 4.46. The number of aromatic carboxylic acids is 2. The van der Waals surface area contributed by atoms with E-state index in [9.17, 15) is 14.0 Å². The highest BCUT2D eigenvalue weighted by Crippen LogP contribution is 2.12. The van der Waals surface area contributed by atoms with Crippen LogP contribution in [0.25, 0.3) is 0 Å². The monoisotopic (exact) mass is 358 g/mol. The van der Waals surface area contributed by atoms with E-state index in [0.29, 0.717) is 0 Å². The summed E-state index contributed by atoms with van der Waals surface area (Å²) in [5.41, 5.74) is -0.135. The van der Waals surface area contributed by atoms with E-state index in [2.05, 4.69) is 30.2 Å². The van der Waals surface area contributed by atoms with Crippen LogP contribution in [0.4, 0.5) is 16.0 Å². The van der Waals surface area contributed by atoms with E-state index in [1.165, 1.54) is 42.9 Å². The van der Waals surface area contributed by atoms with Crippen molar-refractivity contribution in [1.29, 1.82) is 0 Å². The average Bonchev–Trinajstić information content (AvgIpc) is 2.63. The molecule has 132 valence electrons. The summed E-state index contributed by atoms with van der Waals surface area (Å²) in [5.74, 6) is -2.36. The molecule has 11 heteroatoms. The Kier molecular flexibility index (Phi) is 6.15. The van der Waals surface area contributed by atoms with E-state index in [-0.39, 0.29) is 23.0 Å². The summed E-state index contributed by atoms with van der Waals surface area (Å²) in [4.78, 5) is 38.7. The molecule has 3 N–H and O–H groups in total. The van der Waals surface area contributed by atoms with Crippen molar-refractivity contribution in [2.45, 2.75) is 0 Å². The number of nitrogens with zero attached hydrogens (tertiary/aromatic N) is 5. The second kappa shape index (κ2) is 8.73. The molecule has 3 aromatic rings. The van der Waals surface area contributed by atoms with E-state index in [0.717, 1.165) is 6.33 Å². The zero-order valence-electron chi connectivity index (χ0n) is 12.9. The van der Waals surface area contributed by atoms with Crippen LogP contribution >= 0.6 is 0 Å². The van der Waals surface area contributed by atoms with Gasteiger partial charge in [-0.25, -0.2) is 34.5 Å². The lowest BCUT2D eigenvalue weighted by Crippen LogP contribution is -2.03. The Morgan fingerprint density at radius 2 is 1.65 bits per heavy atom. The minimum absolute atomic E-state index is 0.0185. The standard InChI is InChI=1S/C10H7FN4O2.C5H4N2O2/c11-7-2-1-3-8(14-7)15-9-4-6(10(16)17)12-5-13-9;8-5(9)4-1-2-6-3-7-4/h1-5H,(H,16,17)(H,12,13,14,15);1-3H,(H,8,9). The van der Waals surface area contributed by atoms with Gasteiger partial charge in [0, 0.05) is 12.3 Å². The summed E-state index contributed by atoms with van der Waals surface area (Å²) in [6.45, 7) is 0. The van der Waals surface area contributed by atoms with Crippen molar-refractivity contribution in [2.24, 2.45) is 0 Å². The molecular formula is C15H11FN6O4. The molecule has 0 unspecified atom stereocenters. The number of carboxylic acid groups (broad SMARTS) is 2. The predicted octanol–water partition coefficient (Wildman–Crippen LogP) is 1.63. The Labute approximate surface area is 145 Å². The van der Waals surface area contributed by atoms with Crippen molar-refractivity contribution >= 4 is 23.6 Å². The number of anilines is 2. The maximum absolute atomic E-state index is 12.8. The molecule has 0 atom stereocenters. The number of hydrogen-bond acceptors (Lipinski definition) is 8. The first-order valence-corrected chi connectivity index (χ1v) is 6.90. The molecule has 0 aliphatic carbocycles. The highest BCUT2D eigenvalue weighted by Gasteiger charge is 2.06. The highest BCUT2D eigenvalue weighted by molar-refractivity contribution is 5.86. The fourth-order valence-electron chi connectivity index (χ4n) is 1.57.